The van der Waals surface area contributed by atoms with E-state index in [1.165, 1.54) is 21.5 Å². The number of nitrogens with zero attached hydrogens (tertiary/aromatic N) is 1. The molecule has 0 aliphatic heterocycles. The first kappa shape index (κ1) is 14.4. The van der Waals surface area contributed by atoms with Crippen LogP contribution in [0.3, 0.4) is 0 Å². The molecule has 0 aliphatic rings. The van der Waals surface area contributed by atoms with Gasteiger partial charge in [-0.25, -0.2) is 0 Å². The normalized spacial score (nSPS) is 17.1. The predicted molar refractivity (Wildman–Crippen MR) is 68.0 cm³/mol. The van der Waals surface area contributed by atoms with Gasteiger partial charge in [-0.15, -0.1) is 0 Å². The number of thiocarbonyl (C=S) groups is 1. The first-order valence-corrected chi connectivity index (χ1v) is 8.15. The van der Waals surface area contributed by atoms with Crippen molar-refractivity contribution < 1.29 is 9.09 Å². The first-order chi connectivity index (χ1) is 6.50. The van der Waals surface area contributed by atoms with E-state index in [1.54, 1.807) is 7.05 Å². The van der Waals surface area contributed by atoms with Crippen molar-refractivity contribution in [3.8, 4) is 0 Å². The molecule has 3 nitrogen and oxygen atoms in total. The lowest BCUT2D eigenvalue weighted by atomic mass is 10.4. The van der Waals surface area contributed by atoms with Gasteiger partial charge in [0, 0.05) is 12.3 Å². The Morgan fingerprint density at radius 2 is 2.21 bits per heavy atom. The summed E-state index contributed by atoms with van der Waals surface area (Å²) in [5.74, 6) is 0. The molecule has 0 fully saturated rings. The number of hydrogen-bond donors (Lipinski definition) is 0. The van der Waals surface area contributed by atoms with Crippen LogP contribution in [0, 0.1) is 0 Å². The van der Waals surface area contributed by atoms with E-state index < -0.39 is 6.72 Å². The maximum Gasteiger partial charge on any atom is 0.353 e. The minimum absolute atomic E-state index is 0.310. The fraction of sp³-hybridized carbons (Fsp3) is 0.875. The van der Waals surface area contributed by atoms with Crippen molar-refractivity contribution in [1.29, 1.82) is 0 Å². The standard InChI is InChI=1S/C8H18NO2PS2/c1-5-8(3)14-12(10,11-6-2)9(4)7-13/h7-8H,5-6H2,1-4H3. The first-order valence-electron chi connectivity index (χ1n) is 4.61. The molecule has 0 radical (unpaired) electrons. The van der Waals surface area contributed by atoms with Crippen molar-refractivity contribution in [3.63, 3.8) is 0 Å². The Balaban J connectivity index is 4.54. The molecule has 14 heavy (non-hydrogen) atoms. The summed E-state index contributed by atoms with van der Waals surface area (Å²) < 4.78 is 19.1. The average Bonchev–Trinajstić information content (AvgIpc) is 2.16. The van der Waals surface area contributed by atoms with Crippen LogP contribution in [0.25, 0.3) is 0 Å². The van der Waals surface area contributed by atoms with Crippen LogP contribution in [0.15, 0.2) is 0 Å². The molecular formula is C8H18NO2PS2. The SMILES string of the molecule is CCOP(=O)(SC(C)CC)N(C)C=S. The van der Waals surface area contributed by atoms with Crippen LogP contribution in [0.1, 0.15) is 27.2 Å². The maximum atomic E-state index is 12.3. The van der Waals surface area contributed by atoms with E-state index in [0.717, 1.165) is 6.42 Å². The Bertz CT molecular complexity index is 225. The van der Waals surface area contributed by atoms with E-state index in [-0.39, 0.29) is 0 Å². The Morgan fingerprint density at radius 1 is 1.64 bits per heavy atom. The zero-order valence-electron chi connectivity index (χ0n) is 9.10. The molecular weight excluding hydrogens is 237 g/mol. The zero-order chi connectivity index (χ0) is 11.2. The predicted octanol–water partition coefficient (Wildman–Crippen LogP) is 3.55. The van der Waals surface area contributed by atoms with Gasteiger partial charge in [0.1, 0.15) is 0 Å². The third-order valence-corrected chi connectivity index (χ3v) is 7.59. The largest absolute Gasteiger partial charge is 0.353 e. The van der Waals surface area contributed by atoms with Crippen LogP contribution in [-0.4, -0.2) is 29.1 Å². The van der Waals surface area contributed by atoms with Gasteiger partial charge < -0.3 is 4.52 Å². The molecule has 0 rings (SSSR count). The lowest BCUT2D eigenvalue weighted by Crippen LogP contribution is -2.13. The molecule has 2 unspecified atom stereocenters. The Hall–Kier alpha value is 0.430. The van der Waals surface area contributed by atoms with Crippen LogP contribution in [0.4, 0.5) is 0 Å². The van der Waals surface area contributed by atoms with Crippen molar-refractivity contribution in [3.05, 3.63) is 0 Å². The van der Waals surface area contributed by atoms with Crippen molar-refractivity contribution in [2.24, 2.45) is 0 Å². The maximum absolute atomic E-state index is 12.3. The molecule has 0 heterocycles. The quantitative estimate of drug-likeness (QED) is 0.512. The van der Waals surface area contributed by atoms with Gasteiger partial charge in [0.2, 0.25) is 0 Å². The molecule has 0 N–H and O–H groups in total. The van der Waals surface area contributed by atoms with Crippen molar-refractivity contribution in [2.75, 3.05) is 13.7 Å². The second kappa shape index (κ2) is 6.83. The van der Waals surface area contributed by atoms with E-state index in [0.29, 0.717) is 11.9 Å². The molecule has 0 aromatic heterocycles. The molecule has 0 saturated carbocycles. The van der Waals surface area contributed by atoms with Gasteiger partial charge in [-0.05, 0) is 24.7 Å². The topological polar surface area (TPSA) is 29.5 Å². The van der Waals surface area contributed by atoms with Crippen LogP contribution < -0.4 is 0 Å². The fourth-order valence-electron chi connectivity index (χ4n) is 0.719. The molecule has 2 atom stereocenters. The average molecular weight is 255 g/mol. The third kappa shape index (κ3) is 4.30. The summed E-state index contributed by atoms with van der Waals surface area (Å²) in [5.41, 5.74) is 1.38. The van der Waals surface area contributed by atoms with Gasteiger partial charge >= 0.3 is 6.72 Å². The molecule has 0 bridgehead atoms. The molecule has 84 valence electrons. The summed E-state index contributed by atoms with van der Waals surface area (Å²) >= 11 is 6.13. The van der Waals surface area contributed by atoms with Crippen LogP contribution >= 0.6 is 30.3 Å². The van der Waals surface area contributed by atoms with Gasteiger partial charge in [-0.1, -0.05) is 26.1 Å². The summed E-state index contributed by atoms with van der Waals surface area (Å²) in [6.07, 6.45) is 0.965. The number of hydrogen-bond acceptors (Lipinski definition) is 4. The molecule has 0 aromatic rings. The van der Waals surface area contributed by atoms with Gasteiger partial charge in [-0.2, -0.15) is 0 Å². The third-order valence-electron chi connectivity index (χ3n) is 1.72. The van der Waals surface area contributed by atoms with Crippen molar-refractivity contribution in [2.45, 2.75) is 32.4 Å². The lowest BCUT2D eigenvalue weighted by Gasteiger charge is -2.26. The highest BCUT2D eigenvalue weighted by molar-refractivity contribution is 8.56. The summed E-state index contributed by atoms with van der Waals surface area (Å²) in [4.78, 5) is 0. The molecule has 0 amide bonds. The summed E-state index contributed by atoms with van der Waals surface area (Å²) in [6, 6.07) is 0. The second-order valence-electron chi connectivity index (χ2n) is 2.89. The highest BCUT2D eigenvalue weighted by Crippen LogP contribution is 2.63. The lowest BCUT2D eigenvalue weighted by molar-refractivity contribution is 0.325. The highest BCUT2D eigenvalue weighted by atomic mass is 32.7. The van der Waals surface area contributed by atoms with Gasteiger partial charge in [0.25, 0.3) is 0 Å². The Morgan fingerprint density at radius 3 is 2.57 bits per heavy atom. The van der Waals surface area contributed by atoms with E-state index in [9.17, 15) is 4.57 Å². The minimum Gasteiger partial charge on any atom is -0.306 e. The molecule has 0 aromatic carbocycles. The second-order valence-corrected chi connectivity index (χ2v) is 7.96. The summed E-state index contributed by atoms with van der Waals surface area (Å²) in [5, 5.41) is 0.310. The molecule has 0 aliphatic carbocycles. The monoisotopic (exact) mass is 255 g/mol. The van der Waals surface area contributed by atoms with Crippen molar-refractivity contribution >= 4 is 35.8 Å². The van der Waals surface area contributed by atoms with Crippen LogP contribution in [-0.2, 0) is 9.09 Å². The van der Waals surface area contributed by atoms with Crippen LogP contribution in [0.2, 0.25) is 0 Å². The summed E-state index contributed by atoms with van der Waals surface area (Å²) in [7, 11) is 1.69. The van der Waals surface area contributed by atoms with Gasteiger partial charge in [0.05, 0.1) is 12.1 Å². The fourth-order valence-corrected chi connectivity index (χ4v) is 5.61. The smallest absolute Gasteiger partial charge is 0.306 e. The van der Waals surface area contributed by atoms with E-state index in [2.05, 4.69) is 6.92 Å². The van der Waals surface area contributed by atoms with Gasteiger partial charge in [-0.3, -0.25) is 9.24 Å². The molecule has 0 spiro atoms. The zero-order valence-corrected chi connectivity index (χ0v) is 11.6. The van der Waals surface area contributed by atoms with E-state index >= 15 is 0 Å². The van der Waals surface area contributed by atoms with Crippen LogP contribution in [0.5, 0.6) is 0 Å². The van der Waals surface area contributed by atoms with E-state index in [4.69, 9.17) is 16.7 Å². The number of rotatable bonds is 7. The Kier molecular flexibility index (Phi) is 7.04. The molecule has 0 saturated heterocycles. The van der Waals surface area contributed by atoms with E-state index in [1.807, 2.05) is 13.8 Å². The summed E-state index contributed by atoms with van der Waals surface area (Å²) in [6.45, 7) is 3.58. The van der Waals surface area contributed by atoms with Gasteiger partial charge in [0.15, 0.2) is 0 Å². The molecule has 6 heteroatoms. The highest BCUT2D eigenvalue weighted by Gasteiger charge is 2.29. The Labute approximate surface area is 95.8 Å². The van der Waals surface area contributed by atoms with Crippen molar-refractivity contribution in [1.82, 2.24) is 4.67 Å². The minimum atomic E-state index is -2.79.